The summed E-state index contributed by atoms with van der Waals surface area (Å²) in [5.41, 5.74) is 6.02. The van der Waals surface area contributed by atoms with Crippen LogP contribution in [0.5, 0.6) is 11.8 Å². The monoisotopic (exact) mass is 547 g/mol. The number of rotatable bonds is 6. The van der Waals surface area contributed by atoms with E-state index < -0.39 is 0 Å². The Labute approximate surface area is 234 Å². The molecule has 0 N–H and O–H groups in total. The lowest BCUT2D eigenvalue weighted by Gasteiger charge is -2.26. The Bertz CT molecular complexity index is 1850. The van der Waals surface area contributed by atoms with Gasteiger partial charge in [-0.3, -0.25) is 0 Å². The maximum atomic E-state index is 6.45. The van der Waals surface area contributed by atoms with Crippen LogP contribution in [0, 0.1) is 6.92 Å². The van der Waals surface area contributed by atoms with Crippen LogP contribution in [0.1, 0.15) is 39.7 Å². The Hall–Kier alpha value is -5.02. The van der Waals surface area contributed by atoms with Crippen molar-refractivity contribution < 1.29 is 9.57 Å². The third kappa shape index (κ3) is 4.26. The fourth-order valence-electron chi connectivity index (χ4n) is 4.95. The van der Waals surface area contributed by atoms with Crippen molar-refractivity contribution in [3.8, 4) is 17.4 Å². The summed E-state index contributed by atoms with van der Waals surface area (Å²) in [6, 6.07) is 27.4. The molecule has 0 saturated heterocycles. The number of ether oxygens (including phenoxy) is 1. The first-order valence-electron chi connectivity index (χ1n) is 12.7. The lowest BCUT2D eigenvalue weighted by Crippen LogP contribution is -2.16. The number of benzene rings is 3. The Balaban J connectivity index is 1.31. The maximum Gasteiger partial charge on any atom is 0.230 e. The smallest absolute Gasteiger partial charge is 0.230 e. The molecule has 0 radical (unpaired) electrons. The van der Waals surface area contributed by atoms with Crippen molar-refractivity contribution in [2.45, 2.75) is 19.4 Å². The summed E-state index contributed by atoms with van der Waals surface area (Å²) in [6.07, 6.45) is 3.25. The van der Waals surface area contributed by atoms with E-state index in [0.717, 1.165) is 33.6 Å². The van der Waals surface area contributed by atoms with Crippen LogP contribution in [0.4, 0.5) is 0 Å². The molecular formula is C30H22ClN7O2. The van der Waals surface area contributed by atoms with Gasteiger partial charge in [-0.1, -0.05) is 77.4 Å². The molecule has 6 aromatic rings. The highest BCUT2D eigenvalue weighted by molar-refractivity contribution is 6.30. The minimum Gasteiger partial charge on any atom is -0.420 e. The maximum absolute atomic E-state index is 6.45. The SMILES string of the molecule is Cc1nn(-c2ccccc2)c2c1C(c1ccc(Cl)cc1)c1c(ncn3nc(CO/N=C/c4ccccc4)nc13)O2. The van der Waals surface area contributed by atoms with Crippen molar-refractivity contribution in [1.29, 1.82) is 0 Å². The molecule has 3 aromatic heterocycles. The zero-order valence-corrected chi connectivity index (χ0v) is 22.1. The second-order valence-corrected chi connectivity index (χ2v) is 9.75. The molecule has 7 rings (SSSR count). The summed E-state index contributed by atoms with van der Waals surface area (Å²) in [7, 11) is 0. The van der Waals surface area contributed by atoms with Crippen molar-refractivity contribution in [2.75, 3.05) is 0 Å². The molecule has 10 heteroatoms. The van der Waals surface area contributed by atoms with Gasteiger partial charge in [0.2, 0.25) is 11.8 Å². The predicted molar refractivity (Wildman–Crippen MR) is 150 cm³/mol. The molecule has 40 heavy (non-hydrogen) atoms. The van der Waals surface area contributed by atoms with Crippen molar-refractivity contribution >= 4 is 23.5 Å². The third-order valence-corrected chi connectivity index (χ3v) is 6.99. The minimum absolute atomic E-state index is 0.0997. The topological polar surface area (TPSA) is 91.7 Å². The van der Waals surface area contributed by atoms with Gasteiger partial charge >= 0.3 is 0 Å². The summed E-state index contributed by atoms with van der Waals surface area (Å²) in [4.78, 5) is 14.9. The van der Waals surface area contributed by atoms with Gasteiger partial charge < -0.3 is 9.57 Å². The number of oxime groups is 1. The molecular weight excluding hydrogens is 526 g/mol. The highest BCUT2D eigenvalue weighted by atomic mass is 35.5. The van der Waals surface area contributed by atoms with E-state index in [0.29, 0.717) is 28.3 Å². The molecule has 3 aromatic carbocycles. The van der Waals surface area contributed by atoms with Crippen LogP contribution in [-0.4, -0.2) is 35.6 Å². The summed E-state index contributed by atoms with van der Waals surface area (Å²) in [5.74, 6) is 1.27. The average molecular weight is 548 g/mol. The second kappa shape index (κ2) is 9.94. The van der Waals surface area contributed by atoms with Gasteiger partial charge in [0, 0.05) is 5.02 Å². The van der Waals surface area contributed by atoms with Crippen LogP contribution in [-0.2, 0) is 11.4 Å². The van der Waals surface area contributed by atoms with E-state index in [1.54, 1.807) is 17.1 Å². The Morgan fingerprint density at radius 2 is 1.70 bits per heavy atom. The van der Waals surface area contributed by atoms with Crippen LogP contribution >= 0.6 is 11.6 Å². The molecule has 1 atom stereocenters. The second-order valence-electron chi connectivity index (χ2n) is 9.32. The van der Waals surface area contributed by atoms with Crippen LogP contribution < -0.4 is 4.74 Å². The van der Waals surface area contributed by atoms with Gasteiger partial charge in [-0.15, -0.1) is 5.10 Å². The molecule has 0 bridgehead atoms. The average Bonchev–Trinajstić information content (AvgIpc) is 3.56. The number of hydrogen-bond donors (Lipinski definition) is 0. The Morgan fingerprint density at radius 3 is 2.48 bits per heavy atom. The number of aromatic nitrogens is 6. The number of aryl methyl sites for hydroxylation is 1. The summed E-state index contributed by atoms with van der Waals surface area (Å²) < 4.78 is 9.91. The molecule has 0 saturated carbocycles. The van der Waals surface area contributed by atoms with Crippen LogP contribution in [0.3, 0.4) is 0 Å². The van der Waals surface area contributed by atoms with E-state index in [4.69, 9.17) is 31.3 Å². The predicted octanol–water partition coefficient (Wildman–Crippen LogP) is 6.11. The number of para-hydroxylation sites is 1. The highest BCUT2D eigenvalue weighted by Crippen LogP contribution is 2.49. The molecule has 0 fully saturated rings. The van der Waals surface area contributed by atoms with Gasteiger partial charge in [-0.05, 0) is 42.3 Å². The van der Waals surface area contributed by atoms with Crippen molar-refractivity contribution in [2.24, 2.45) is 5.16 Å². The molecule has 1 unspecified atom stereocenters. The van der Waals surface area contributed by atoms with E-state index in [2.05, 4.69) is 15.2 Å². The van der Waals surface area contributed by atoms with E-state index in [1.165, 1.54) is 0 Å². The van der Waals surface area contributed by atoms with Gasteiger partial charge in [-0.25, -0.2) is 19.2 Å². The quantitative estimate of drug-likeness (QED) is 0.184. The lowest BCUT2D eigenvalue weighted by atomic mass is 9.84. The molecule has 0 amide bonds. The van der Waals surface area contributed by atoms with Crippen LogP contribution in [0.15, 0.2) is 96.4 Å². The van der Waals surface area contributed by atoms with Gasteiger partial charge in [-0.2, -0.15) is 5.10 Å². The summed E-state index contributed by atoms with van der Waals surface area (Å²) in [6.45, 7) is 2.08. The van der Waals surface area contributed by atoms with Gasteiger partial charge in [0.15, 0.2) is 18.1 Å². The molecule has 196 valence electrons. The zero-order chi connectivity index (χ0) is 27.1. The van der Waals surface area contributed by atoms with E-state index in [-0.39, 0.29) is 12.5 Å². The lowest BCUT2D eigenvalue weighted by molar-refractivity contribution is 0.126. The van der Waals surface area contributed by atoms with Crippen molar-refractivity contribution in [3.05, 3.63) is 130 Å². The third-order valence-electron chi connectivity index (χ3n) is 6.74. The van der Waals surface area contributed by atoms with E-state index in [9.17, 15) is 0 Å². The largest absolute Gasteiger partial charge is 0.420 e. The van der Waals surface area contributed by atoms with Gasteiger partial charge in [0.05, 0.1) is 34.6 Å². The molecule has 0 spiro atoms. The first-order valence-corrected chi connectivity index (χ1v) is 13.1. The van der Waals surface area contributed by atoms with E-state index in [1.807, 2.05) is 96.5 Å². The summed E-state index contributed by atoms with van der Waals surface area (Å²) >= 11 is 6.26. The van der Waals surface area contributed by atoms with Gasteiger partial charge in [0.1, 0.15) is 6.33 Å². The molecule has 4 heterocycles. The summed E-state index contributed by atoms with van der Waals surface area (Å²) in [5, 5.41) is 14.2. The molecule has 9 nitrogen and oxygen atoms in total. The fraction of sp³-hybridized carbons (Fsp3) is 0.100. The standard InChI is InChI=1S/C30H22ClN7O2/c1-19-25-26(21-12-14-22(31)15-13-21)27-28-34-24(17-39-33-16-20-8-4-2-5-9-20)36-37(28)18-32-29(27)40-30(25)38(35-19)23-10-6-3-7-11-23/h2-16,18,26H,17H2,1H3/b33-16+. The first-order chi connectivity index (χ1) is 19.7. The number of halogens is 1. The minimum atomic E-state index is -0.265. The number of fused-ring (bicyclic) bond motifs is 4. The Kier molecular flexibility index (Phi) is 5.98. The molecule has 0 aliphatic carbocycles. The molecule has 1 aliphatic heterocycles. The van der Waals surface area contributed by atoms with E-state index >= 15 is 0 Å². The van der Waals surface area contributed by atoms with Crippen molar-refractivity contribution in [1.82, 2.24) is 29.4 Å². The zero-order valence-electron chi connectivity index (χ0n) is 21.3. The Morgan fingerprint density at radius 1 is 0.950 bits per heavy atom. The van der Waals surface area contributed by atoms with Gasteiger partial charge in [0.25, 0.3) is 0 Å². The van der Waals surface area contributed by atoms with Crippen molar-refractivity contribution in [3.63, 3.8) is 0 Å². The normalized spacial score (nSPS) is 14.2. The number of nitrogens with zero attached hydrogens (tertiary/aromatic N) is 7. The highest BCUT2D eigenvalue weighted by Gasteiger charge is 2.38. The van der Waals surface area contributed by atoms with Crippen LogP contribution in [0.25, 0.3) is 11.3 Å². The van der Waals surface area contributed by atoms with Crippen LogP contribution in [0.2, 0.25) is 5.02 Å². The fourth-order valence-corrected chi connectivity index (χ4v) is 5.07. The first kappa shape index (κ1) is 24.1. The number of hydrogen-bond acceptors (Lipinski definition) is 7. The molecule has 1 aliphatic rings.